The molecule has 1 atom stereocenters. The van der Waals surface area contributed by atoms with Crippen molar-refractivity contribution in [2.75, 3.05) is 20.8 Å². The summed E-state index contributed by atoms with van der Waals surface area (Å²) in [5, 5.41) is 8.90. The van der Waals surface area contributed by atoms with Crippen molar-refractivity contribution in [2.45, 2.75) is 13.0 Å². The fourth-order valence-electron chi connectivity index (χ4n) is 2.27. The maximum Gasteiger partial charge on any atom is 0.260 e. The summed E-state index contributed by atoms with van der Waals surface area (Å²) in [6.07, 6.45) is 0. The van der Waals surface area contributed by atoms with Gasteiger partial charge in [0, 0.05) is 13.1 Å². The smallest absolute Gasteiger partial charge is 0.260 e. The number of hydrogen-bond acceptors (Lipinski definition) is 4. The molecule has 1 amide bonds. The van der Waals surface area contributed by atoms with Crippen molar-refractivity contribution < 1.29 is 14.3 Å². The lowest BCUT2D eigenvalue weighted by molar-refractivity contribution is -0.134. The highest BCUT2D eigenvalue weighted by Gasteiger charge is 2.18. The molecule has 0 N–H and O–H groups in total. The maximum absolute atomic E-state index is 12.4. The van der Waals surface area contributed by atoms with E-state index in [1.165, 1.54) is 7.11 Å². The van der Waals surface area contributed by atoms with E-state index in [1.54, 1.807) is 30.1 Å². The second kappa shape index (κ2) is 8.02. The molecule has 0 bridgehead atoms. The lowest BCUT2D eigenvalue weighted by atomic mass is 10.1. The van der Waals surface area contributed by atoms with Crippen LogP contribution in [-0.2, 0) is 4.79 Å². The number of nitriles is 1. The maximum atomic E-state index is 12.4. The summed E-state index contributed by atoms with van der Waals surface area (Å²) in [6.45, 7) is 1.87. The van der Waals surface area contributed by atoms with E-state index < -0.39 is 0 Å². The van der Waals surface area contributed by atoms with E-state index in [4.69, 9.17) is 14.7 Å². The number of rotatable bonds is 6. The van der Waals surface area contributed by atoms with E-state index in [-0.39, 0.29) is 18.6 Å². The van der Waals surface area contributed by atoms with Crippen molar-refractivity contribution in [2.24, 2.45) is 0 Å². The fraction of sp³-hybridized carbons (Fsp3) is 0.263. The van der Waals surface area contributed by atoms with Crippen molar-refractivity contribution in [1.29, 1.82) is 5.26 Å². The predicted molar refractivity (Wildman–Crippen MR) is 90.8 cm³/mol. The monoisotopic (exact) mass is 324 g/mol. The van der Waals surface area contributed by atoms with Gasteiger partial charge in [0.05, 0.1) is 24.8 Å². The summed E-state index contributed by atoms with van der Waals surface area (Å²) in [6, 6.07) is 16.6. The Morgan fingerprint density at radius 3 is 2.54 bits per heavy atom. The molecule has 0 saturated carbocycles. The number of methoxy groups -OCH3 is 1. The lowest BCUT2D eigenvalue weighted by Crippen LogP contribution is -2.33. The summed E-state index contributed by atoms with van der Waals surface area (Å²) in [5.74, 6) is 0.726. The predicted octanol–water partition coefficient (Wildman–Crippen LogP) is 3.17. The molecular weight excluding hydrogens is 304 g/mol. The Balaban J connectivity index is 2.01. The van der Waals surface area contributed by atoms with Crippen molar-refractivity contribution in [3.05, 3.63) is 59.7 Å². The Morgan fingerprint density at radius 2 is 1.92 bits per heavy atom. The zero-order valence-corrected chi connectivity index (χ0v) is 14.0. The van der Waals surface area contributed by atoms with Crippen LogP contribution in [0.3, 0.4) is 0 Å². The molecule has 2 aromatic carbocycles. The third-order valence-electron chi connectivity index (χ3n) is 3.90. The fourth-order valence-corrected chi connectivity index (χ4v) is 2.27. The van der Waals surface area contributed by atoms with E-state index >= 15 is 0 Å². The molecule has 24 heavy (non-hydrogen) atoms. The van der Waals surface area contributed by atoms with Crippen LogP contribution < -0.4 is 9.47 Å². The number of amides is 1. The normalized spacial score (nSPS) is 11.2. The van der Waals surface area contributed by atoms with Crippen LogP contribution in [0.1, 0.15) is 24.1 Å². The Bertz CT molecular complexity index is 738. The number of carbonyl (C=O) groups excluding carboxylic acids is 1. The SMILES string of the molecule is COc1cc(C#N)ccc1OCC(=O)N(C)[C@@H](C)c1ccccc1. The second-order valence-electron chi connectivity index (χ2n) is 5.36. The third-order valence-corrected chi connectivity index (χ3v) is 3.90. The third kappa shape index (κ3) is 4.05. The first-order chi connectivity index (χ1) is 11.6. The van der Waals surface area contributed by atoms with Gasteiger partial charge in [-0.15, -0.1) is 0 Å². The van der Waals surface area contributed by atoms with Crippen molar-refractivity contribution in [1.82, 2.24) is 4.90 Å². The first kappa shape index (κ1) is 17.4. The molecule has 0 unspecified atom stereocenters. The van der Waals surface area contributed by atoms with Gasteiger partial charge >= 0.3 is 0 Å². The van der Waals surface area contributed by atoms with Gasteiger partial charge in [0.2, 0.25) is 0 Å². The van der Waals surface area contributed by atoms with Crippen LogP contribution in [-0.4, -0.2) is 31.6 Å². The van der Waals surface area contributed by atoms with Gasteiger partial charge in [0.1, 0.15) is 0 Å². The highest BCUT2D eigenvalue weighted by atomic mass is 16.5. The molecular formula is C19H20N2O3. The molecule has 0 aromatic heterocycles. The molecule has 0 fully saturated rings. The van der Waals surface area contributed by atoms with Gasteiger partial charge in [-0.1, -0.05) is 30.3 Å². The number of ether oxygens (including phenoxy) is 2. The summed E-state index contributed by atoms with van der Waals surface area (Å²) < 4.78 is 10.8. The molecule has 0 heterocycles. The van der Waals surface area contributed by atoms with Crippen LogP contribution in [0, 0.1) is 11.3 Å². The van der Waals surface area contributed by atoms with Gasteiger partial charge in [-0.2, -0.15) is 5.26 Å². The minimum absolute atomic E-state index is 0.0508. The summed E-state index contributed by atoms with van der Waals surface area (Å²) in [7, 11) is 3.24. The summed E-state index contributed by atoms with van der Waals surface area (Å²) in [5.41, 5.74) is 1.53. The van der Waals surface area contributed by atoms with Crippen LogP contribution in [0.4, 0.5) is 0 Å². The Labute approximate surface area is 142 Å². The second-order valence-corrected chi connectivity index (χ2v) is 5.36. The van der Waals surface area contributed by atoms with Gasteiger partial charge in [0.25, 0.3) is 5.91 Å². The van der Waals surface area contributed by atoms with Gasteiger partial charge in [0.15, 0.2) is 18.1 Å². The molecule has 0 spiro atoms. The highest BCUT2D eigenvalue weighted by molar-refractivity contribution is 5.78. The molecule has 5 heteroatoms. The first-order valence-electron chi connectivity index (χ1n) is 7.58. The molecule has 0 saturated heterocycles. The minimum atomic E-state index is -0.141. The standard InChI is InChI=1S/C19H20N2O3/c1-14(16-7-5-4-6-8-16)21(2)19(22)13-24-17-10-9-15(12-20)11-18(17)23-3/h4-11,14H,13H2,1-3H3/t14-/m0/s1. The zero-order valence-electron chi connectivity index (χ0n) is 14.0. The van der Waals surface area contributed by atoms with Crippen LogP contribution in [0.5, 0.6) is 11.5 Å². The Hall–Kier alpha value is -3.00. The summed E-state index contributed by atoms with van der Waals surface area (Å²) >= 11 is 0. The number of hydrogen-bond donors (Lipinski definition) is 0. The number of likely N-dealkylation sites (N-methyl/N-ethyl adjacent to an activating group) is 1. The van der Waals surface area contributed by atoms with Gasteiger partial charge < -0.3 is 14.4 Å². The van der Waals surface area contributed by atoms with Crippen molar-refractivity contribution in [3.8, 4) is 17.6 Å². The molecule has 2 rings (SSSR count). The zero-order chi connectivity index (χ0) is 17.5. The number of nitrogens with zero attached hydrogens (tertiary/aromatic N) is 2. The molecule has 5 nitrogen and oxygen atoms in total. The molecule has 0 radical (unpaired) electrons. The van der Waals surface area contributed by atoms with Crippen LogP contribution in [0.2, 0.25) is 0 Å². The quantitative estimate of drug-likeness (QED) is 0.819. The number of benzene rings is 2. The van der Waals surface area contributed by atoms with Crippen LogP contribution in [0.15, 0.2) is 48.5 Å². The first-order valence-corrected chi connectivity index (χ1v) is 7.58. The molecule has 0 aliphatic heterocycles. The minimum Gasteiger partial charge on any atom is -0.493 e. The lowest BCUT2D eigenvalue weighted by Gasteiger charge is -2.25. The van der Waals surface area contributed by atoms with Crippen molar-refractivity contribution >= 4 is 5.91 Å². The average Bonchev–Trinajstić information content (AvgIpc) is 2.65. The molecule has 0 aliphatic carbocycles. The Morgan fingerprint density at radius 1 is 1.21 bits per heavy atom. The highest BCUT2D eigenvalue weighted by Crippen LogP contribution is 2.28. The largest absolute Gasteiger partial charge is 0.493 e. The van der Waals surface area contributed by atoms with Gasteiger partial charge in [-0.3, -0.25) is 4.79 Å². The Kier molecular flexibility index (Phi) is 5.80. The topological polar surface area (TPSA) is 62.6 Å². The molecule has 0 aliphatic rings. The summed E-state index contributed by atoms with van der Waals surface area (Å²) in [4.78, 5) is 14.0. The molecule has 2 aromatic rings. The van der Waals surface area contributed by atoms with E-state index in [9.17, 15) is 4.79 Å². The van der Waals surface area contributed by atoms with E-state index in [2.05, 4.69) is 0 Å². The van der Waals surface area contributed by atoms with Gasteiger partial charge in [-0.05, 0) is 24.6 Å². The van der Waals surface area contributed by atoms with Crippen molar-refractivity contribution in [3.63, 3.8) is 0 Å². The van der Waals surface area contributed by atoms with E-state index in [0.29, 0.717) is 17.1 Å². The van der Waals surface area contributed by atoms with E-state index in [0.717, 1.165) is 5.56 Å². The van der Waals surface area contributed by atoms with Crippen LogP contribution >= 0.6 is 0 Å². The van der Waals surface area contributed by atoms with Crippen LogP contribution in [0.25, 0.3) is 0 Å². The average molecular weight is 324 g/mol. The number of carbonyl (C=O) groups is 1. The molecule has 124 valence electrons. The van der Waals surface area contributed by atoms with Gasteiger partial charge in [-0.25, -0.2) is 0 Å². The van der Waals surface area contributed by atoms with E-state index in [1.807, 2.05) is 43.3 Å².